The number of furan rings is 1. The third kappa shape index (κ3) is 6.35. The van der Waals surface area contributed by atoms with E-state index in [1.54, 1.807) is 6.07 Å². The van der Waals surface area contributed by atoms with Crippen LogP contribution in [-0.2, 0) is 9.53 Å². The summed E-state index contributed by atoms with van der Waals surface area (Å²) in [7, 11) is 0. The SMILES string of the molecule is CC(OC(=O)c1ccc(NC(=O)c2ccco2)s1)C(=O)Nc1ccc(OC(F)(F)F)cc1. The van der Waals surface area contributed by atoms with Crippen LogP contribution in [0, 0.1) is 0 Å². The Kier molecular flexibility index (Phi) is 6.83. The fourth-order valence-corrected chi connectivity index (χ4v) is 3.14. The third-order valence-corrected chi connectivity index (χ3v) is 4.78. The quantitative estimate of drug-likeness (QED) is 0.488. The standard InChI is InChI=1S/C20H15F3N2O6S/c1-11(17(26)24-12-4-6-13(7-5-12)31-20(21,22)23)30-19(28)15-8-9-16(32-15)25-18(27)14-3-2-10-29-14/h2-11H,1H3,(H,24,26)(H,25,27). The number of benzene rings is 1. The number of anilines is 2. The molecule has 1 unspecified atom stereocenters. The number of amides is 2. The van der Waals surface area contributed by atoms with Gasteiger partial charge in [0.05, 0.1) is 11.3 Å². The fraction of sp³-hybridized carbons (Fsp3) is 0.150. The summed E-state index contributed by atoms with van der Waals surface area (Å²) in [5, 5.41) is 5.36. The van der Waals surface area contributed by atoms with Crippen molar-refractivity contribution >= 4 is 39.8 Å². The minimum absolute atomic E-state index is 0.103. The number of thiophene rings is 1. The van der Waals surface area contributed by atoms with Gasteiger partial charge in [0.25, 0.3) is 11.8 Å². The molecule has 0 aliphatic rings. The molecule has 12 heteroatoms. The number of halogens is 3. The van der Waals surface area contributed by atoms with E-state index in [2.05, 4.69) is 15.4 Å². The normalized spacial score (nSPS) is 12.0. The lowest BCUT2D eigenvalue weighted by atomic mass is 10.3. The predicted octanol–water partition coefficient (Wildman–Crippen LogP) is 4.68. The maximum absolute atomic E-state index is 12.3. The Bertz CT molecular complexity index is 1090. The van der Waals surface area contributed by atoms with Crippen LogP contribution in [-0.4, -0.2) is 30.2 Å². The van der Waals surface area contributed by atoms with E-state index in [-0.39, 0.29) is 16.3 Å². The van der Waals surface area contributed by atoms with Crippen LogP contribution in [0.5, 0.6) is 5.75 Å². The summed E-state index contributed by atoms with van der Waals surface area (Å²) in [6, 6.07) is 10.4. The molecule has 0 aliphatic heterocycles. The highest BCUT2D eigenvalue weighted by molar-refractivity contribution is 7.18. The van der Waals surface area contributed by atoms with Gasteiger partial charge in [-0.3, -0.25) is 9.59 Å². The van der Waals surface area contributed by atoms with Crippen LogP contribution in [0.25, 0.3) is 0 Å². The Hall–Kier alpha value is -3.80. The molecular formula is C20H15F3N2O6S. The monoisotopic (exact) mass is 468 g/mol. The van der Waals surface area contributed by atoms with E-state index in [0.717, 1.165) is 23.5 Å². The largest absolute Gasteiger partial charge is 0.573 e. The molecule has 0 spiro atoms. The van der Waals surface area contributed by atoms with Crippen molar-refractivity contribution < 1.29 is 41.4 Å². The first-order valence-electron chi connectivity index (χ1n) is 8.93. The minimum atomic E-state index is -4.82. The Morgan fingerprint density at radius 1 is 1.03 bits per heavy atom. The summed E-state index contributed by atoms with van der Waals surface area (Å²) in [4.78, 5) is 36.6. The minimum Gasteiger partial charge on any atom is -0.459 e. The maximum Gasteiger partial charge on any atom is 0.573 e. The molecule has 2 aromatic heterocycles. The molecule has 2 amide bonds. The van der Waals surface area contributed by atoms with Crippen LogP contribution in [0.15, 0.2) is 59.2 Å². The predicted molar refractivity (Wildman–Crippen MR) is 108 cm³/mol. The number of carbonyl (C=O) groups is 3. The van der Waals surface area contributed by atoms with Gasteiger partial charge in [0.2, 0.25) is 0 Å². The zero-order valence-electron chi connectivity index (χ0n) is 16.3. The third-order valence-electron chi connectivity index (χ3n) is 3.80. The first-order chi connectivity index (χ1) is 15.1. The van der Waals surface area contributed by atoms with E-state index in [1.165, 1.54) is 43.5 Å². The number of carbonyl (C=O) groups excluding carboxylic acids is 3. The van der Waals surface area contributed by atoms with Crippen molar-refractivity contribution in [2.45, 2.75) is 19.4 Å². The van der Waals surface area contributed by atoms with E-state index < -0.39 is 36.0 Å². The summed E-state index contributed by atoms with van der Waals surface area (Å²) in [5.74, 6) is -2.31. The topological polar surface area (TPSA) is 107 Å². The number of ether oxygens (including phenoxy) is 2. The highest BCUT2D eigenvalue weighted by Gasteiger charge is 2.31. The zero-order valence-corrected chi connectivity index (χ0v) is 17.1. The molecule has 3 rings (SSSR count). The van der Waals surface area contributed by atoms with Crippen molar-refractivity contribution in [3.8, 4) is 5.75 Å². The number of alkyl halides is 3. The highest BCUT2D eigenvalue weighted by atomic mass is 32.1. The average Bonchev–Trinajstić information content (AvgIpc) is 3.40. The second-order valence-electron chi connectivity index (χ2n) is 6.20. The molecule has 1 atom stereocenters. The number of esters is 1. The molecule has 2 heterocycles. The van der Waals surface area contributed by atoms with Gasteiger partial charge in [-0.2, -0.15) is 0 Å². The molecule has 0 fully saturated rings. The van der Waals surface area contributed by atoms with Crippen molar-refractivity contribution in [2.75, 3.05) is 10.6 Å². The summed E-state index contributed by atoms with van der Waals surface area (Å²) < 4.78 is 50.4. The molecule has 3 aromatic rings. The lowest BCUT2D eigenvalue weighted by Gasteiger charge is -2.13. The van der Waals surface area contributed by atoms with Crippen molar-refractivity contribution in [1.82, 2.24) is 0 Å². The van der Waals surface area contributed by atoms with Crippen molar-refractivity contribution in [2.24, 2.45) is 0 Å². The van der Waals surface area contributed by atoms with E-state index in [1.807, 2.05) is 0 Å². The van der Waals surface area contributed by atoms with Gasteiger partial charge < -0.3 is 24.5 Å². The molecule has 0 saturated heterocycles. The van der Waals surface area contributed by atoms with Crippen LogP contribution in [0.4, 0.5) is 23.9 Å². The van der Waals surface area contributed by atoms with Gasteiger partial charge in [0.1, 0.15) is 10.6 Å². The van der Waals surface area contributed by atoms with Gasteiger partial charge in [0.15, 0.2) is 11.9 Å². The van der Waals surface area contributed by atoms with Crippen LogP contribution in [0.1, 0.15) is 27.2 Å². The summed E-state index contributed by atoms with van der Waals surface area (Å²) in [6.45, 7) is 1.33. The molecule has 8 nitrogen and oxygen atoms in total. The lowest BCUT2D eigenvalue weighted by Crippen LogP contribution is -2.29. The average molecular weight is 468 g/mol. The smallest absolute Gasteiger partial charge is 0.459 e. The molecule has 32 heavy (non-hydrogen) atoms. The van der Waals surface area contributed by atoms with Gasteiger partial charge in [-0.1, -0.05) is 0 Å². The molecular weight excluding hydrogens is 453 g/mol. The first-order valence-corrected chi connectivity index (χ1v) is 9.75. The maximum atomic E-state index is 12.3. The first kappa shape index (κ1) is 22.9. The molecule has 1 aromatic carbocycles. The highest BCUT2D eigenvalue weighted by Crippen LogP contribution is 2.25. The number of rotatable bonds is 7. The van der Waals surface area contributed by atoms with Crippen molar-refractivity contribution in [3.05, 3.63) is 65.4 Å². The summed E-state index contributed by atoms with van der Waals surface area (Å²) in [5.41, 5.74) is 0.187. The summed E-state index contributed by atoms with van der Waals surface area (Å²) in [6.07, 6.45) is -4.67. The fourth-order valence-electron chi connectivity index (χ4n) is 2.35. The van der Waals surface area contributed by atoms with Gasteiger partial charge in [-0.15, -0.1) is 24.5 Å². The Labute approximate surface area is 182 Å². The van der Waals surface area contributed by atoms with Crippen molar-refractivity contribution in [1.29, 1.82) is 0 Å². The molecule has 168 valence electrons. The van der Waals surface area contributed by atoms with Gasteiger partial charge in [0, 0.05) is 5.69 Å². The number of hydrogen-bond acceptors (Lipinski definition) is 7. The molecule has 2 N–H and O–H groups in total. The number of nitrogens with one attached hydrogen (secondary N) is 2. The van der Waals surface area contributed by atoms with E-state index in [0.29, 0.717) is 5.00 Å². The van der Waals surface area contributed by atoms with Gasteiger partial charge >= 0.3 is 12.3 Å². The summed E-state index contributed by atoms with van der Waals surface area (Å²) >= 11 is 0.945. The Balaban J connectivity index is 1.52. The van der Waals surface area contributed by atoms with Crippen LogP contribution < -0.4 is 15.4 Å². The van der Waals surface area contributed by atoms with E-state index in [9.17, 15) is 27.6 Å². The zero-order chi connectivity index (χ0) is 23.3. The Morgan fingerprint density at radius 2 is 1.75 bits per heavy atom. The van der Waals surface area contributed by atoms with E-state index >= 15 is 0 Å². The van der Waals surface area contributed by atoms with E-state index in [4.69, 9.17) is 9.15 Å². The second kappa shape index (κ2) is 9.56. The lowest BCUT2D eigenvalue weighted by molar-refractivity contribution is -0.274. The second-order valence-corrected chi connectivity index (χ2v) is 7.29. The van der Waals surface area contributed by atoms with Gasteiger partial charge in [-0.25, -0.2) is 4.79 Å². The molecule has 0 radical (unpaired) electrons. The number of hydrogen-bond donors (Lipinski definition) is 2. The van der Waals surface area contributed by atoms with Crippen LogP contribution >= 0.6 is 11.3 Å². The van der Waals surface area contributed by atoms with Crippen LogP contribution in [0.2, 0.25) is 0 Å². The molecule has 0 aliphatic carbocycles. The van der Waals surface area contributed by atoms with Gasteiger partial charge in [-0.05, 0) is 55.5 Å². The van der Waals surface area contributed by atoms with Crippen molar-refractivity contribution in [3.63, 3.8) is 0 Å². The Morgan fingerprint density at radius 3 is 2.38 bits per heavy atom. The molecule has 0 bridgehead atoms. The molecule has 0 saturated carbocycles. The van der Waals surface area contributed by atoms with Crippen LogP contribution in [0.3, 0.4) is 0 Å².